The summed E-state index contributed by atoms with van der Waals surface area (Å²) in [6.07, 6.45) is 6.49. The molecular formula is C18H14N2O. The van der Waals surface area contributed by atoms with Gasteiger partial charge < -0.3 is 10.4 Å². The molecule has 0 atom stereocenters. The minimum Gasteiger partial charge on any atom is -0.458 e. The van der Waals surface area contributed by atoms with Crippen LogP contribution in [0.25, 0.3) is 0 Å². The first kappa shape index (κ1) is 13.1. The molecule has 2 aromatic carbocycles. The number of aliphatic hydroxyl groups is 1. The Hall–Kier alpha value is -2.90. The molecule has 0 fully saturated rings. The summed E-state index contributed by atoms with van der Waals surface area (Å²) in [6, 6.07) is 19.3. The summed E-state index contributed by atoms with van der Waals surface area (Å²) in [7, 11) is 0. The van der Waals surface area contributed by atoms with Gasteiger partial charge in [-0.1, -0.05) is 36.4 Å². The van der Waals surface area contributed by atoms with Gasteiger partial charge >= 0.3 is 0 Å². The lowest BCUT2D eigenvalue weighted by molar-refractivity contribution is 0.437. The van der Waals surface area contributed by atoms with E-state index in [1.54, 1.807) is 0 Å². The fourth-order valence-corrected chi connectivity index (χ4v) is 1.99. The Morgan fingerprint density at radius 1 is 1.00 bits per heavy atom. The second kappa shape index (κ2) is 6.04. The van der Waals surface area contributed by atoms with Crippen LogP contribution in [0.4, 0.5) is 11.4 Å². The standard InChI is InChI=1S/C18H14N2O/c21-18-12-11-16(19-14-7-3-1-4-8-14)13-17(18)20-15-9-5-2-6-10-15/h1-10,19,21H,11H2. The molecule has 0 bridgehead atoms. The lowest BCUT2D eigenvalue weighted by Gasteiger charge is -2.12. The van der Waals surface area contributed by atoms with Crippen LogP contribution in [0.3, 0.4) is 0 Å². The first-order valence-corrected chi connectivity index (χ1v) is 6.70. The van der Waals surface area contributed by atoms with Gasteiger partial charge in [-0.15, -0.1) is 6.08 Å². The number of benzene rings is 2. The Balaban J connectivity index is 1.84. The van der Waals surface area contributed by atoms with Crippen molar-refractivity contribution in [3.63, 3.8) is 0 Å². The molecule has 0 saturated carbocycles. The van der Waals surface area contributed by atoms with Gasteiger partial charge in [0.15, 0.2) is 5.71 Å². The molecule has 3 rings (SSSR count). The van der Waals surface area contributed by atoms with Gasteiger partial charge in [0, 0.05) is 17.5 Å². The van der Waals surface area contributed by atoms with Gasteiger partial charge in [0.05, 0.1) is 0 Å². The van der Waals surface area contributed by atoms with Crippen molar-refractivity contribution in [3.05, 3.63) is 84.3 Å². The van der Waals surface area contributed by atoms with Crippen molar-refractivity contribution in [3.8, 4) is 0 Å². The summed E-state index contributed by atoms with van der Waals surface area (Å²) in [4.78, 5) is 4.39. The maximum absolute atomic E-state index is 9.89. The van der Waals surface area contributed by atoms with Crippen LogP contribution in [0.2, 0.25) is 0 Å². The molecule has 3 nitrogen and oxygen atoms in total. The highest BCUT2D eigenvalue weighted by Crippen LogP contribution is 2.19. The van der Waals surface area contributed by atoms with Crippen molar-refractivity contribution < 1.29 is 5.11 Å². The monoisotopic (exact) mass is 274 g/mol. The molecule has 0 amide bonds. The smallest absolute Gasteiger partial charge is 0.181 e. The second-order valence-corrected chi connectivity index (χ2v) is 4.59. The van der Waals surface area contributed by atoms with E-state index in [-0.39, 0.29) is 5.76 Å². The highest BCUT2D eigenvalue weighted by Gasteiger charge is 2.14. The molecule has 0 aliphatic heterocycles. The van der Waals surface area contributed by atoms with E-state index in [0.29, 0.717) is 12.1 Å². The molecule has 21 heavy (non-hydrogen) atoms. The van der Waals surface area contributed by atoms with E-state index in [9.17, 15) is 5.11 Å². The zero-order chi connectivity index (χ0) is 14.5. The maximum atomic E-state index is 9.89. The number of allylic oxidation sites excluding steroid dienone is 2. The molecule has 1 aliphatic rings. The number of para-hydroxylation sites is 2. The zero-order valence-electron chi connectivity index (χ0n) is 11.4. The lowest BCUT2D eigenvalue weighted by atomic mass is 10.1. The lowest BCUT2D eigenvalue weighted by Crippen LogP contribution is -2.11. The van der Waals surface area contributed by atoms with Gasteiger partial charge in [-0.3, -0.25) is 4.99 Å². The van der Waals surface area contributed by atoms with Gasteiger partial charge in [-0.05, 0) is 30.7 Å². The molecule has 2 N–H and O–H groups in total. The fourth-order valence-electron chi connectivity index (χ4n) is 1.99. The van der Waals surface area contributed by atoms with Crippen LogP contribution in [-0.4, -0.2) is 10.8 Å². The molecule has 2 aromatic rings. The minimum absolute atomic E-state index is 0.0393. The second-order valence-electron chi connectivity index (χ2n) is 4.59. The van der Waals surface area contributed by atoms with Gasteiger partial charge in [0.2, 0.25) is 0 Å². The van der Waals surface area contributed by atoms with Crippen LogP contribution in [0.15, 0.2) is 77.1 Å². The van der Waals surface area contributed by atoms with Crippen LogP contribution in [0.1, 0.15) is 6.42 Å². The number of rotatable bonds is 3. The predicted octanol–water partition coefficient (Wildman–Crippen LogP) is 4.21. The first-order valence-electron chi connectivity index (χ1n) is 6.70. The molecule has 0 radical (unpaired) electrons. The third-order valence-corrected chi connectivity index (χ3v) is 2.99. The van der Waals surface area contributed by atoms with E-state index in [1.807, 2.05) is 60.7 Å². The summed E-state index contributed by atoms with van der Waals surface area (Å²) < 4.78 is 0. The zero-order valence-corrected chi connectivity index (χ0v) is 11.4. The Kier molecular flexibility index (Phi) is 3.77. The Morgan fingerprint density at radius 2 is 1.67 bits per heavy atom. The highest BCUT2D eigenvalue weighted by atomic mass is 16.3. The quantitative estimate of drug-likeness (QED) is 0.824. The van der Waals surface area contributed by atoms with Crippen LogP contribution in [0.5, 0.6) is 0 Å². The molecule has 1 aliphatic carbocycles. The first-order chi connectivity index (χ1) is 10.3. The number of aliphatic hydroxyl groups excluding tert-OH is 1. The van der Waals surface area contributed by atoms with Crippen molar-refractivity contribution in [2.75, 3.05) is 5.32 Å². The topological polar surface area (TPSA) is 44.6 Å². The van der Waals surface area contributed by atoms with Gasteiger partial charge in [-0.2, -0.15) is 0 Å². The van der Waals surface area contributed by atoms with Crippen LogP contribution < -0.4 is 5.32 Å². The summed E-state index contributed by atoms with van der Waals surface area (Å²) >= 11 is 0. The molecule has 0 unspecified atom stereocenters. The van der Waals surface area contributed by atoms with Crippen molar-refractivity contribution in [2.45, 2.75) is 6.42 Å². The maximum Gasteiger partial charge on any atom is 0.181 e. The molecule has 0 heterocycles. The number of nitrogens with zero attached hydrogens (tertiary/aromatic N) is 1. The van der Waals surface area contributed by atoms with E-state index in [2.05, 4.69) is 22.5 Å². The summed E-state index contributed by atoms with van der Waals surface area (Å²) in [5.74, 6) is 0.0393. The average molecular weight is 274 g/mol. The minimum atomic E-state index is 0.0393. The number of anilines is 1. The van der Waals surface area contributed by atoms with E-state index in [0.717, 1.165) is 17.1 Å². The van der Waals surface area contributed by atoms with E-state index in [4.69, 9.17) is 0 Å². The Morgan fingerprint density at radius 3 is 2.38 bits per heavy atom. The third-order valence-electron chi connectivity index (χ3n) is 2.99. The predicted molar refractivity (Wildman–Crippen MR) is 84.4 cm³/mol. The summed E-state index contributed by atoms with van der Waals surface area (Å²) in [5, 5.41) is 13.1. The van der Waals surface area contributed by atoms with E-state index < -0.39 is 0 Å². The van der Waals surface area contributed by atoms with Crippen LogP contribution >= 0.6 is 0 Å². The fraction of sp³-hybridized carbons (Fsp3) is 0.0556. The van der Waals surface area contributed by atoms with Crippen LogP contribution in [0, 0.1) is 12.2 Å². The van der Waals surface area contributed by atoms with Crippen molar-refractivity contribution in [2.24, 2.45) is 4.99 Å². The van der Waals surface area contributed by atoms with Gasteiger partial charge in [-0.25, -0.2) is 0 Å². The highest BCUT2D eigenvalue weighted by molar-refractivity contribution is 6.05. The van der Waals surface area contributed by atoms with E-state index in [1.165, 1.54) is 0 Å². The molecular weight excluding hydrogens is 260 g/mol. The SMILES string of the molecule is OC1=[C-]CC(Nc2ccccc2)=[C+]C1=Nc1ccccc1. The molecule has 3 heteroatoms. The molecule has 0 spiro atoms. The number of aliphatic imine (C=N–C) groups is 1. The van der Waals surface area contributed by atoms with Crippen molar-refractivity contribution in [1.82, 2.24) is 0 Å². The van der Waals surface area contributed by atoms with Gasteiger partial charge in [0.25, 0.3) is 0 Å². The number of hydrogen-bond donors (Lipinski definition) is 2. The summed E-state index contributed by atoms with van der Waals surface area (Å²) in [5.41, 5.74) is 2.97. The van der Waals surface area contributed by atoms with Crippen molar-refractivity contribution >= 4 is 17.1 Å². The number of hydrogen-bond acceptors (Lipinski definition) is 3. The van der Waals surface area contributed by atoms with Gasteiger partial charge in [0.1, 0.15) is 11.5 Å². The molecule has 0 saturated heterocycles. The molecule has 102 valence electrons. The molecule has 0 aromatic heterocycles. The summed E-state index contributed by atoms with van der Waals surface area (Å²) in [6.45, 7) is 0. The third kappa shape index (κ3) is 3.35. The number of nitrogens with one attached hydrogen (secondary N) is 1. The Labute approximate surface area is 124 Å². The largest absolute Gasteiger partial charge is 0.458 e. The Bertz CT molecular complexity index is 701. The van der Waals surface area contributed by atoms with E-state index >= 15 is 0 Å². The van der Waals surface area contributed by atoms with Crippen LogP contribution in [-0.2, 0) is 0 Å². The normalized spacial score (nSPS) is 15.9. The average Bonchev–Trinajstić information content (AvgIpc) is 2.53. The van der Waals surface area contributed by atoms with Crippen molar-refractivity contribution in [1.29, 1.82) is 0 Å².